The highest BCUT2D eigenvalue weighted by Gasteiger charge is 2.13. The molecule has 1 heterocycles. The average Bonchev–Trinajstić information content (AvgIpc) is 2.81. The molecule has 21 heavy (non-hydrogen) atoms. The van der Waals surface area contributed by atoms with Crippen molar-refractivity contribution in [2.24, 2.45) is 5.73 Å². The largest absolute Gasteiger partial charge is 0.351 e. The molecular weight excluding hydrogens is 287 g/mol. The number of nitrogens with two attached hydrogens (primary N) is 1. The fraction of sp³-hybridized carbons (Fsp3) is 0.312. The van der Waals surface area contributed by atoms with Gasteiger partial charge in [0.15, 0.2) is 0 Å². The Labute approximate surface area is 128 Å². The average molecular weight is 306 g/mol. The van der Waals surface area contributed by atoms with Crippen LogP contribution in [0.1, 0.15) is 27.9 Å². The topological polar surface area (TPSA) is 55.1 Å². The summed E-state index contributed by atoms with van der Waals surface area (Å²) in [6.07, 6.45) is 0.751. The Hall–Kier alpha value is -1.72. The summed E-state index contributed by atoms with van der Waals surface area (Å²) in [6, 6.07) is 8.23. The zero-order valence-corrected chi connectivity index (χ0v) is 13.0. The summed E-state index contributed by atoms with van der Waals surface area (Å²) >= 11 is 1.44. The van der Waals surface area contributed by atoms with Crippen LogP contribution >= 0.6 is 11.3 Å². The van der Waals surface area contributed by atoms with Crippen LogP contribution < -0.4 is 11.1 Å². The Kier molecular flexibility index (Phi) is 5.09. The standard InChI is InChI=1S/C16H19FN2OS/c1-10(18)7-8-19-16(20)15-9-14(11(2)21-15)12-3-5-13(17)6-4-12/h3-6,9-10H,7-8,18H2,1-2H3,(H,19,20). The molecule has 112 valence electrons. The first-order valence-corrected chi connectivity index (χ1v) is 7.69. The quantitative estimate of drug-likeness (QED) is 0.890. The number of nitrogens with one attached hydrogen (secondary N) is 1. The smallest absolute Gasteiger partial charge is 0.261 e. The summed E-state index contributed by atoms with van der Waals surface area (Å²) in [5.74, 6) is -0.349. The number of hydrogen-bond donors (Lipinski definition) is 2. The van der Waals surface area contributed by atoms with Crippen LogP contribution in [0.2, 0.25) is 0 Å². The van der Waals surface area contributed by atoms with E-state index in [0.717, 1.165) is 22.4 Å². The van der Waals surface area contributed by atoms with Crippen molar-refractivity contribution in [3.05, 3.63) is 45.9 Å². The van der Waals surface area contributed by atoms with Crippen LogP contribution in [0.3, 0.4) is 0 Å². The molecule has 5 heteroatoms. The van der Waals surface area contributed by atoms with Gasteiger partial charge in [-0.3, -0.25) is 4.79 Å². The SMILES string of the molecule is Cc1sc(C(=O)NCCC(C)N)cc1-c1ccc(F)cc1. The van der Waals surface area contributed by atoms with Crippen LogP contribution in [-0.2, 0) is 0 Å². The predicted molar refractivity (Wildman–Crippen MR) is 85.0 cm³/mol. The first-order valence-electron chi connectivity index (χ1n) is 6.87. The molecule has 1 aromatic carbocycles. The van der Waals surface area contributed by atoms with Gasteiger partial charge in [0.1, 0.15) is 5.82 Å². The van der Waals surface area contributed by atoms with Gasteiger partial charge >= 0.3 is 0 Å². The fourth-order valence-corrected chi connectivity index (χ4v) is 2.97. The lowest BCUT2D eigenvalue weighted by molar-refractivity contribution is 0.0957. The Balaban J connectivity index is 2.11. The van der Waals surface area contributed by atoms with Crippen molar-refractivity contribution in [3.63, 3.8) is 0 Å². The molecule has 3 nitrogen and oxygen atoms in total. The van der Waals surface area contributed by atoms with Gasteiger partial charge in [0.2, 0.25) is 0 Å². The molecule has 0 fully saturated rings. The molecule has 0 aliphatic rings. The van der Waals surface area contributed by atoms with E-state index in [1.807, 2.05) is 19.9 Å². The van der Waals surface area contributed by atoms with Crippen LogP contribution in [0.15, 0.2) is 30.3 Å². The molecule has 1 aromatic heterocycles. The molecule has 0 aliphatic carbocycles. The van der Waals surface area contributed by atoms with E-state index in [1.165, 1.54) is 23.5 Å². The molecule has 3 N–H and O–H groups in total. The van der Waals surface area contributed by atoms with E-state index in [4.69, 9.17) is 5.73 Å². The maximum absolute atomic E-state index is 13.0. The maximum Gasteiger partial charge on any atom is 0.261 e. The third kappa shape index (κ3) is 4.12. The van der Waals surface area contributed by atoms with E-state index >= 15 is 0 Å². The van der Waals surface area contributed by atoms with E-state index < -0.39 is 0 Å². The molecule has 0 saturated carbocycles. The second-order valence-electron chi connectivity index (χ2n) is 5.11. The third-order valence-corrected chi connectivity index (χ3v) is 4.23. The third-order valence-electron chi connectivity index (χ3n) is 3.18. The number of carbonyl (C=O) groups excluding carboxylic acids is 1. The predicted octanol–water partition coefficient (Wildman–Crippen LogP) is 3.33. The van der Waals surface area contributed by atoms with Gasteiger partial charge in [-0.2, -0.15) is 0 Å². The molecule has 0 spiro atoms. The summed E-state index contributed by atoms with van der Waals surface area (Å²) in [5.41, 5.74) is 7.54. The van der Waals surface area contributed by atoms with Gasteiger partial charge in [-0.1, -0.05) is 12.1 Å². The highest BCUT2D eigenvalue weighted by Crippen LogP contribution is 2.31. The first kappa shape index (κ1) is 15.7. The molecule has 1 amide bonds. The van der Waals surface area contributed by atoms with Crippen LogP contribution in [0.25, 0.3) is 11.1 Å². The van der Waals surface area contributed by atoms with Crippen molar-refractivity contribution in [1.82, 2.24) is 5.32 Å². The minimum absolute atomic E-state index is 0.0742. The second kappa shape index (κ2) is 6.83. The number of rotatable bonds is 5. The van der Waals surface area contributed by atoms with Gasteiger partial charge < -0.3 is 11.1 Å². The molecule has 0 saturated heterocycles. The number of aryl methyl sites for hydroxylation is 1. The van der Waals surface area contributed by atoms with Crippen molar-refractivity contribution >= 4 is 17.2 Å². The van der Waals surface area contributed by atoms with E-state index in [1.54, 1.807) is 12.1 Å². The number of thiophene rings is 1. The summed E-state index contributed by atoms with van der Waals surface area (Å²) in [4.78, 5) is 13.8. The minimum Gasteiger partial charge on any atom is -0.351 e. The van der Waals surface area contributed by atoms with Crippen molar-refractivity contribution in [3.8, 4) is 11.1 Å². The van der Waals surface area contributed by atoms with Gasteiger partial charge in [-0.15, -0.1) is 11.3 Å². The monoisotopic (exact) mass is 306 g/mol. The Bertz CT molecular complexity index is 620. The van der Waals surface area contributed by atoms with Crippen LogP contribution in [-0.4, -0.2) is 18.5 Å². The Morgan fingerprint density at radius 3 is 2.67 bits per heavy atom. The van der Waals surface area contributed by atoms with Gasteiger partial charge in [0, 0.05) is 17.5 Å². The first-order chi connectivity index (χ1) is 9.97. The number of hydrogen-bond acceptors (Lipinski definition) is 3. The molecule has 1 atom stereocenters. The highest BCUT2D eigenvalue weighted by atomic mass is 32.1. The molecular formula is C16H19FN2OS. The molecule has 1 unspecified atom stereocenters. The maximum atomic E-state index is 13.0. The highest BCUT2D eigenvalue weighted by molar-refractivity contribution is 7.14. The van der Waals surface area contributed by atoms with Crippen molar-refractivity contribution in [2.75, 3.05) is 6.54 Å². The van der Waals surface area contributed by atoms with Crippen molar-refractivity contribution < 1.29 is 9.18 Å². The number of carbonyl (C=O) groups is 1. The Morgan fingerprint density at radius 2 is 2.05 bits per heavy atom. The fourth-order valence-electron chi connectivity index (χ4n) is 2.01. The molecule has 0 bridgehead atoms. The lowest BCUT2D eigenvalue weighted by atomic mass is 10.1. The summed E-state index contributed by atoms with van der Waals surface area (Å²) in [7, 11) is 0. The van der Waals surface area contributed by atoms with E-state index in [9.17, 15) is 9.18 Å². The number of halogens is 1. The van der Waals surface area contributed by atoms with Crippen LogP contribution in [0, 0.1) is 12.7 Å². The molecule has 0 radical (unpaired) electrons. The van der Waals surface area contributed by atoms with Crippen molar-refractivity contribution in [1.29, 1.82) is 0 Å². The van der Waals surface area contributed by atoms with E-state index in [-0.39, 0.29) is 17.8 Å². The van der Waals surface area contributed by atoms with Gasteiger partial charge in [-0.05, 0) is 49.6 Å². The zero-order valence-electron chi connectivity index (χ0n) is 12.2. The summed E-state index contributed by atoms with van der Waals surface area (Å²) in [6.45, 7) is 4.44. The van der Waals surface area contributed by atoms with Crippen LogP contribution in [0.5, 0.6) is 0 Å². The lowest BCUT2D eigenvalue weighted by Gasteiger charge is -2.05. The second-order valence-corrected chi connectivity index (χ2v) is 6.37. The normalized spacial score (nSPS) is 12.2. The summed E-state index contributed by atoms with van der Waals surface area (Å²) < 4.78 is 13.0. The van der Waals surface area contributed by atoms with Gasteiger partial charge in [0.25, 0.3) is 5.91 Å². The van der Waals surface area contributed by atoms with Gasteiger partial charge in [0.05, 0.1) is 4.88 Å². The minimum atomic E-state index is -0.263. The molecule has 0 aliphatic heterocycles. The lowest BCUT2D eigenvalue weighted by Crippen LogP contribution is -2.28. The van der Waals surface area contributed by atoms with Crippen molar-refractivity contribution in [2.45, 2.75) is 26.3 Å². The van der Waals surface area contributed by atoms with Crippen LogP contribution in [0.4, 0.5) is 4.39 Å². The number of amides is 1. The van der Waals surface area contributed by atoms with E-state index in [0.29, 0.717) is 11.4 Å². The molecule has 2 rings (SSSR count). The van der Waals surface area contributed by atoms with Gasteiger partial charge in [-0.25, -0.2) is 4.39 Å². The van der Waals surface area contributed by atoms with E-state index in [2.05, 4.69) is 5.32 Å². The zero-order chi connectivity index (χ0) is 15.4. The Morgan fingerprint density at radius 1 is 1.38 bits per heavy atom. The number of benzene rings is 1. The molecule has 2 aromatic rings. The summed E-state index contributed by atoms with van der Waals surface area (Å²) in [5, 5.41) is 2.86.